The average molecular weight is 378 g/mol. The molecule has 0 saturated carbocycles. The minimum Gasteiger partial charge on any atom is -0.484 e. The molecule has 0 bridgehead atoms. The van der Waals surface area contributed by atoms with Gasteiger partial charge in [0.2, 0.25) is 0 Å². The Morgan fingerprint density at radius 1 is 1.27 bits per heavy atom. The Balaban J connectivity index is 1.59. The summed E-state index contributed by atoms with van der Waals surface area (Å²) in [5, 5.41) is 3.07. The second kappa shape index (κ2) is 7.20. The molecule has 0 saturated heterocycles. The number of amides is 1. The van der Waals surface area contributed by atoms with Gasteiger partial charge in [-0.1, -0.05) is 40.2 Å². The van der Waals surface area contributed by atoms with Gasteiger partial charge in [0, 0.05) is 15.1 Å². The number of thioether (sulfide) groups is 1. The Bertz CT molecular complexity index is 677. The molecule has 0 fully saturated rings. The van der Waals surface area contributed by atoms with Crippen molar-refractivity contribution >= 4 is 33.6 Å². The fourth-order valence-electron chi connectivity index (χ4n) is 2.43. The highest BCUT2D eigenvalue weighted by atomic mass is 79.9. The number of carbonyl (C=O) groups excluding carboxylic acids is 1. The highest BCUT2D eigenvalue weighted by molar-refractivity contribution is 9.10. The molecule has 1 heterocycles. The van der Waals surface area contributed by atoms with Crippen molar-refractivity contribution in [1.82, 2.24) is 5.32 Å². The van der Waals surface area contributed by atoms with Crippen LogP contribution in [0.4, 0.5) is 0 Å². The molecule has 22 heavy (non-hydrogen) atoms. The third-order valence-corrected chi connectivity index (χ3v) is 5.08. The van der Waals surface area contributed by atoms with E-state index in [9.17, 15) is 4.79 Å². The van der Waals surface area contributed by atoms with Crippen LogP contribution in [0.3, 0.4) is 0 Å². The van der Waals surface area contributed by atoms with E-state index in [2.05, 4.69) is 33.4 Å². The molecule has 1 aliphatic heterocycles. The molecule has 3 nitrogen and oxygen atoms in total. The lowest BCUT2D eigenvalue weighted by Crippen LogP contribution is -2.34. The maximum atomic E-state index is 12.1. The van der Waals surface area contributed by atoms with E-state index in [1.807, 2.05) is 48.2 Å². The maximum absolute atomic E-state index is 12.1. The van der Waals surface area contributed by atoms with Crippen LogP contribution in [-0.2, 0) is 4.79 Å². The fourth-order valence-corrected chi connectivity index (χ4v) is 3.94. The lowest BCUT2D eigenvalue weighted by molar-refractivity contribution is -0.123. The molecule has 2 aromatic carbocycles. The molecule has 1 unspecified atom stereocenters. The van der Waals surface area contributed by atoms with Crippen LogP contribution < -0.4 is 10.1 Å². The van der Waals surface area contributed by atoms with E-state index >= 15 is 0 Å². The van der Waals surface area contributed by atoms with Gasteiger partial charge in [0.05, 0.1) is 6.04 Å². The van der Waals surface area contributed by atoms with Crippen molar-refractivity contribution in [3.63, 3.8) is 0 Å². The van der Waals surface area contributed by atoms with Crippen LogP contribution in [0.25, 0.3) is 0 Å². The van der Waals surface area contributed by atoms with Gasteiger partial charge >= 0.3 is 0 Å². The van der Waals surface area contributed by atoms with Crippen molar-refractivity contribution < 1.29 is 9.53 Å². The van der Waals surface area contributed by atoms with Crippen LogP contribution in [0, 0.1) is 0 Å². The molecule has 1 atom stereocenters. The van der Waals surface area contributed by atoms with Crippen molar-refractivity contribution in [3.8, 4) is 5.75 Å². The number of hydrogen-bond acceptors (Lipinski definition) is 3. The monoisotopic (exact) mass is 377 g/mol. The molecule has 0 aromatic heterocycles. The largest absolute Gasteiger partial charge is 0.484 e. The summed E-state index contributed by atoms with van der Waals surface area (Å²) >= 11 is 5.23. The molecule has 2 aromatic rings. The molecule has 0 aliphatic carbocycles. The van der Waals surface area contributed by atoms with Crippen LogP contribution in [0.1, 0.15) is 18.0 Å². The van der Waals surface area contributed by atoms with Crippen molar-refractivity contribution in [3.05, 3.63) is 58.6 Å². The number of ether oxygens (including phenoxy) is 1. The molecule has 5 heteroatoms. The van der Waals surface area contributed by atoms with Gasteiger partial charge < -0.3 is 10.1 Å². The van der Waals surface area contributed by atoms with E-state index < -0.39 is 0 Å². The van der Waals surface area contributed by atoms with E-state index in [-0.39, 0.29) is 18.6 Å². The quantitative estimate of drug-likeness (QED) is 0.868. The van der Waals surface area contributed by atoms with E-state index in [4.69, 9.17) is 4.74 Å². The van der Waals surface area contributed by atoms with Crippen LogP contribution >= 0.6 is 27.7 Å². The smallest absolute Gasteiger partial charge is 0.258 e. The molecule has 114 valence electrons. The third kappa shape index (κ3) is 3.84. The predicted octanol–water partition coefficient (Wildman–Crippen LogP) is 4.18. The second-order valence-electron chi connectivity index (χ2n) is 5.04. The summed E-state index contributed by atoms with van der Waals surface area (Å²) in [4.78, 5) is 13.4. The number of hydrogen-bond donors (Lipinski definition) is 1. The Morgan fingerprint density at radius 3 is 3.00 bits per heavy atom. The molecular weight excluding hydrogens is 362 g/mol. The van der Waals surface area contributed by atoms with Gasteiger partial charge in [0.1, 0.15) is 5.75 Å². The predicted molar refractivity (Wildman–Crippen MR) is 92.3 cm³/mol. The fraction of sp³-hybridized carbons (Fsp3) is 0.235. The molecule has 3 rings (SSSR count). The standard InChI is InChI=1S/C17H16BrNO2S/c18-12-4-3-5-13(10-12)21-11-17(20)19-15-8-9-22-16-7-2-1-6-14(15)16/h1-7,10,15H,8-9,11H2,(H,19,20). The number of benzene rings is 2. The molecule has 1 N–H and O–H groups in total. The number of carbonyl (C=O) groups is 1. The van der Waals surface area contributed by atoms with Crippen molar-refractivity contribution in [2.24, 2.45) is 0 Å². The first-order valence-electron chi connectivity index (χ1n) is 7.12. The lowest BCUT2D eigenvalue weighted by atomic mass is 10.0. The first kappa shape index (κ1) is 15.4. The summed E-state index contributed by atoms with van der Waals surface area (Å²) in [7, 11) is 0. The number of halogens is 1. The summed E-state index contributed by atoms with van der Waals surface area (Å²) in [5.74, 6) is 1.62. The van der Waals surface area contributed by atoms with Crippen molar-refractivity contribution in [2.75, 3.05) is 12.4 Å². The average Bonchev–Trinajstić information content (AvgIpc) is 2.53. The summed E-state index contributed by atoms with van der Waals surface area (Å²) in [6, 6.07) is 15.8. The van der Waals surface area contributed by atoms with Gasteiger partial charge in [-0.2, -0.15) is 0 Å². The lowest BCUT2D eigenvalue weighted by Gasteiger charge is -2.25. The number of fused-ring (bicyclic) bond motifs is 1. The molecule has 1 aliphatic rings. The summed E-state index contributed by atoms with van der Waals surface area (Å²) in [6.07, 6.45) is 0.949. The topological polar surface area (TPSA) is 38.3 Å². The highest BCUT2D eigenvalue weighted by Gasteiger charge is 2.21. The molecule has 0 radical (unpaired) electrons. The van der Waals surface area contributed by atoms with E-state index in [1.165, 1.54) is 10.5 Å². The van der Waals surface area contributed by atoms with E-state index in [1.54, 1.807) is 0 Å². The SMILES string of the molecule is O=C(COc1cccc(Br)c1)NC1CCSc2ccccc21. The second-order valence-corrected chi connectivity index (χ2v) is 7.09. The van der Waals surface area contributed by atoms with Gasteiger partial charge in [0.25, 0.3) is 5.91 Å². The zero-order chi connectivity index (χ0) is 15.4. The van der Waals surface area contributed by atoms with Gasteiger partial charge in [0.15, 0.2) is 6.61 Å². The summed E-state index contributed by atoms with van der Waals surface area (Å²) < 4.78 is 6.46. The minimum absolute atomic E-state index is 0.0300. The maximum Gasteiger partial charge on any atom is 0.258 e. The number of nitrogens with one attached hydrogen (secondary N) is 1. The van der Waals surface area contributed by atoms with Crippen LogP contribution in [0.5, 0.6) is 5.75 Å². The summed E-state index contributed by atoms with van der Waals surface area (Å²) in [5.41, 5.74) is 1.20. The molecule has 1 amide bonds. The van der Waals surface area contributed by atoms with Crippen molar-refractivity contribution in [2.45, 2.75) is 17.4 Å². The Hall–Kier alpha value is -1.46. The van der Waals surface area contributed by atoms with Crippen LogP contribution in [0.15, 0.2) is 57.9 Å². The molecular formula is C17H16BrNO2S. The zero-order valence-corrected chi connectivity index (χ0v) is 14.3. The van der Waals surface area contributed by atoms with Crippen LogP contribution in [0.2, 0.25) is 0 Å². The molecule has 0 spiro atoms. The van der Waals surface area contributed by atoms with E-state index in [0.717, 1.165) is 16.6 Å². The first-order valence-corrected chi connectivity index (χ1v) is 8.90. The first-order chi connectivity index (χ1) is 10.7. The van der Waals surface area contributed by atoms with Gasteiger partial charge in [-0.3, -0.25) is 4.79 Å². The van der Waals surface area contributed by atoms with E-state index in [0.29, 0.717) is 5.75 Å². The normalized spacial score (nSPS) is 16.7. The number of rotatable bonds is 4. The van der Waals surface area contributed by atoms with Crippen molar-refractivity contribution in [1.29, 1.82) is 0 Å². The van der Waals surface area contributed by atoms with Gasteiger partial charge in [-0.25, -0.2) is 0 Å². The highest BCUT2D eigenvalue weighted by Crippen LogP contribution is 2.35. The van der Waals surface area contributed by atoms with Crippen LogP contribution in [-0.4, -0.2) is 18.3 Å². The summed E-state index contributed by atoms with van der Waals surface area (Å²) in [6.45, 7) is 0.0300. The Kier molecular flexibility index (Phi) is 5.05. The Labute approximate surface area is 142 Å². The minimum atomic E-state index is -0.0910. The van der Waals surface area contributed by atoms with Gasteiger partial charge in [-0.05, 0) is 36.2 Å². The Morgan fingerprint density at radius 2 is 2.14 bits per heavy atom. The van der Waals surface area contributed by atoms with Gasteiger partial charge in [-0.15, -0.1) is 11.8 Å². The zero-order valence-electron chi connectivity index (χ0n) is 11.9. The third-order valence-electron chi connectivity index (χ3n) is 3.46.